The normalized spacial score (nSPS) is 17.2. The van der Waals surface area contributed by atoms with Crippen molar-refractivity contribution in [2.24, 2.45) is 7.05 Å². The standard InChI is InChI=1S/C15H18N4O4/c1-19-13(17-15(21)12-5-3-7-23-12)8-11(18-19)14(20)16-9-10-4-2-6-22-10/h3,5,7-8,10H,2,4,6,9H2,1H3,(H,16,20)(H,17,21)/t10-/m1/s1. The molecule has 1 aliphatic rings. The van der Waals surface area contributed by atoms with E-state index in [1.165, 1.54) is 17.0 Å². The molecule has 1 saturated heterocycles. The number of anilines is 1. The summed E-state index contributed by atoms with van der Waals surface area (Å²) in [6.45, 7) is 1.20. The van der Waals surface area contributed by atoms with E-state index in [0.717, 1.165) is 19.4 Å². The number of nitrogens with one attached hydrogen (secondary N) is 2. The SMILES string of the molecule is Cn1nc(C(=O)NC[C@H]2CCCO2)cc1NC(=O)c1ccco1. The largest absolute Gasteiger partial charge is 0.459 e. The molecule has 8 nitrogen and oxygen atoms in total. The summed E-state index contributed by atoms with van der Waals surface area (Å²) in [5, 5.41) is 9.55. The summed E-state index contributed by atoms with van der Waals surface area (Å²) in [4.78, 5) is 24.1. The minimum atomic E-state index is -0.399. The lowest BCUT2D eigenvalue weighted by molar-refractivity contribution is 0.0853. The number of aryl methyl sites for hydroxylation is 1. The van der Waals surface area contributed by atoms with E-state index in [-0.39, 0.29) is 23.5 Å². The van der Waals surface area contributed by atoms with Crippen molar-refractivity contribution in [3.05, 3.63) is 35.9 Å². The fourth-order valence-electron chi connectivity index (χ4n) is 2.38. The molecule has 2 amide bonds. The van der Waals surface area contributed by atoms with Crippen molar-refractivity contribution in [2.45, 2.75) is 18.9 Å². The van der Waals surface area contributed by atoms with Gasteiger partial charge in [-0.15, -0.1) is 0 Å². The second kappa shape index (κ2) is 6.66. The van der Waals surface area contributed by atoms with Crippen LogP contribution in [0.4, 0.5) is 5.82 Å². The molecule has 0 aromatic carbocycles. The van der Waals surface area contributed by atoms with E-state index in [1.807, 2.05) is 0 Å². The van der Waals surface area contributed by atoms with Gasteiger partial charge in [0, 0.05) is 26.3 Å². The maximum atomic E-state index is 12.1. The minimum absolute atomic E-state index is 0.0702. The molecule has 2 aromatic rings. The highest BCUT2D eigenvalue weighted by Gasteiger charge is 2.19. The Morgan fingerprint density at radius 3 is 3.00 bits per heavy atom. The third-order valence-electron chi connectivity index (χ3n) is 3.61. The fraction of sp³-hybridized carbons (Fsp3) is 0.400. The van der Waals surface area contributed by atoms with E-state index < -0.39 is 5.91 Å². The molecular formula is C15H18N4O4. The number of amides is 2. The molecule has 1 atom stereocenters. The van der Waals surface area contributed by atoms with Crippen LogP contribution in [0, 0.1) is 0 Å². The molecule has 3 heterocycles. The summed E-state index contributed by atoms with van der Waals surface area (Å²) in [5.41, 5.74) is 0.236. The van der Waals surface area contributed by atoms with Crippen LogP contribution < -0.4 is 10.6 Å². The Labute approximate surface area is 132 Å². The van der Waals surface area contributed by atoms with Crippen LogP contribution in [-0.2, 0) is 11.8 Å². The summed E-state index contributed by atoms with van der Waals surface area (Å²) in [5.74, 6) is -0.0943. The van der Waals surface area contributed by atoms with Crippen LogP contribution in [0.1, 0.15) is 33.9 Å². The lowest BCUT2D eigenvalue weighted by atomic mass is 10.2. The fourth-order valence-corrected chi connectivity index (χ4v) is 2.38. The molecule has 122 valence electrons. The maximum Gasteiger partial charge on any atom is 0.292 e. The van der Waals surface area contributed by atoms with Crippen molar-refractivity contribution in [1.29, 1.82) is 0 Å². The van der Waals surface area contributed by atoms with Crippen molar-refractivity contribution in [2.75, 3.05) is 18.5 Å². The second-order valence-corrected chi connectivity index (χ2v) is 5.31. The number of rotatable bonds is 5. The number of nitrogens with zero attached hydrogens (tertiary/aromatic N) is 2. The highest BCUT2D eigenvalue weighted by molar-refractivity contribution is 6.02. The molecule has 23 heavy (non-hydrogen) atoms. The van der Waals surface area contributed by atoms with E-state index >= 15 is 0 Å². The van der Waals surface area contributed by atoms with Gasteiger partial charge >= 0.3 is 0 Å². The Balaban J connectivity index is 1.60. The molecule has 0 aliphatic carbocycles. The van der Waals surface area contributed by atoms with Gasteiger partial charge in [-0.2, -0.15) is 5.10 Å². The van der Waals surface area contributed by atoms with Crippen molar-refractivity contribution < 1.29 is 18.7 Å². The van der Waals surface area contributed by atoms with Gasteiger partial charge in [-0.05, 0) is 25.0 Å². The highest BCUT2D eigenvalue weighted by atomic mass is 16.5. The van der Waals surface area contributed by atoms with Gasteiger partial charge < -0.3 is 19.8 Å². The zero-order valence-electron chi connectivity index (χ0n) is 12.7. The van der Waals surface area contributed by atoms with Gasteiger partial charge in [0.25, 0.3) is 11.8 Å². The molecule has 0 unspecified atom stereocenters. The van der Waals surface area contributed by atoms with Crippen molar-refractivity contribution in [3.63, 3.8) is 0 Å². The minimum Gasteiger partial charge on any atom is -0.459 e. The molecule has 8 heteroatoms. The summed E-state index contributed by atoms with van der Waals surface area (Å²) in [7, 11) is 1.65. The molecule has 3 rings (SSSR count). The monoisotopic (exact) mass is 318 g/mol. The first-order valence-electron chi connectivity index (χ1n) is 7.42. The van der Waals surface area contributed by atoms with E-state index in [0.29, 0.717) is 12.4 Å². The Morgan fingerprint density at radius 1 is 1.43 bits per heavy atom. The first-order valence-corrected chi connectivity index (χ1v) is 7.42. The zero-order valence-corrected chi connectivity index (χ0v) is 12.7. The number of aromatic nitrogens is 2. The smallest absolute Gasteiger partial charge is 0.292 e. The van der Waals surface area contributed by atoms with Crippen LogP contribution in [0.2, 0.25) is 0 Å². The van der Waals surface area contributed by atoms with Crippen LogP contribution in [0.15, 0.2) is 28.9 Å². The summed E-state index contributed by atoms with van der Waals surface area (Å²) in [6, 6.07) is 4.70. The molecular weight excluding hydrogens is 300 g/mol. The Bertz CT molecular complexity index is 686. The Morgan fingerprint density at radius 2 is 2.30 bits per heavy atom. The van der Waals surface area contributed by atoms with E-state index in [1.54, 1.807) is 19.2 Å². The van der Waals surface area contributed by atoms with Crippen LogP contribution in [0.5, 0.6) is 0 Å². The van der Waals surface area contributed by atoms with Crippen LogP contribution in [0.25, 0.3) is 0 Å². The molecule has 0 saturated carbocycles. The molecule has 1 aliphatic heterocycles. The average Bonchev–Trinajstić information content (AvgIpc) is 3.27. The average molecular weight is 318 g/mol. The van der Waals surface area contributed by atoms with Gasteiger partial charge in [-0.3, -0.25) is 14.3 Å². The van der Waals surface area contributed by atoms with Gasteiger partial charge in [0.1, 0.15) is 5.82 Å². The van der Waals surface area contributed by atoms with Crippen molar-refractivity contribution >= 4 is 17.6 Å². The third-order valence-corrected chi connectivity index (χ3v) is 3.61. The Hall–Kier alpha value is -2.61. The maximum absolute atomic E-state index is 12.1. The predicted octanol–water partition coefficient (Wildman–Crippen LogP) is 1.17. The molecule has 0 spiro atoms. The van der Waals surface area contributed by atoms with Gasteiger partial charge in [-0.25, -0.2) is 0 Å². The third kappa shape index (κ3) is 3.59. The quantitative estimate of drug-likeness (QED) is 0.862. The molecule has 0 radical (unpaired) electrons. The Kier molecular flexibility index (Phi) is 4.42. The predicted molar refractivity (Wildman–Crippen MR) is 81.2 cm³/mol. The molecule has 1 fully saturated rings. The van der Waals surface area contributed by atoms with Crippen LogP contribution in [-0.4, -0.2) is 40.9 Å². The number of hydrogen-bond donors (Lipinski definition) is 2. The second-order valence-electron chi connectivity index (χ2n) is 5.31. The number of ether oxygens (including phenoxy) is 1. The summed E-state index contributed by atoms with van der Waals surface area (Å²) >= 11 is 0. The van der Waals surface area contributed by atoms with Crippen molar-refractivity contribution in [3.8, 4) is 0 Å². The van der Waals surface area contributed by atoms with E-state index in [4.69, 9.17) is 9.15 Å². The number of hydrogen-bond acceptors (Lipinski definition) is 5. The first kappa shape index (κ1) is 15.3. The number of furan rings is 1. The van der Waals surface area contributed by atoms with Crippen molar-refractivity contribution in [1.82, 2.24) is 15.1 Å². The summed E-state index contributed by atoms with van der Waals surface area (Å²) < 4.78 is 11.9. The summed E-state index contributed by atoms with van der Waals surface area (Å²) in [6.07, 6.45) is 3.46. The molecule has 2 aromatic heterocycles. The number of carbonyl (C=O) groups excluding carboxylic acids is 2. The molecule has 0 bridgehead atoms. The van der Waals surface area contributed by atoms with E-state index in [2.05, 4.69) is 15.7 Å². The first-order chi connectivity index (χ1) is 11.1. The number of carbonyl (C=O) groups is 2. The lowest BCUT2D eigenvalue weighted by Gasteiger charge is -2.09. The van der Waals surface area contributed by atoms with E-state index in [9.17, 15) is 9.59 Å². The molecule has 2 N–H and O–H groups in total. The lowest BCUT2D eigenvalue weighted by Crippen LogP contribution is -2.32. The highest BCUT2D eigenvalue weighted by Crippen LogP contribution is 2.13. The zero-order chi connectivity index (χ0) is 16.2. The topological polar surface area (TPSA) is 98.4 Å². The van der Waals surface area contributed by atoms with Gasteiger partial charge in [-0.1, -0.05) is 0 Å². The van der Waals surface area contributed by atoms with Gasteiger partial charge in [0.05, 0.1) is 12.4 Å². The van der Waals surface area contributed by atoms with Gasteiger partial charge in [0.15, 0.2) is 11.5 Å². The van der Waals surface area contributed by atoms with Crippen LogP contribution >= 0.6 is 0 Å². The van der Waals surface area contributed by atoms with Crippen LogP contribution in [0.3, 0.4) is 0 Å². The van der Waals surface area contributed by atoms with Gasteiger partial charge in [0.2, 0.25) is 0 Å².